The predicted molar refractivity (Wildman–Crippen MR) is 79.0 cm³/mol. The van der Waals surface area contributed by atoms with Gasteiger partial charge in [-0.2, -0.15) is 5.10 Å². The Morgan fingerprint density at radius 1 is 1.25 bits per heavy atom. The summed E-state index contributed by atoms with van der Waals surface area (Å²) in [5, 5.41) is 4.41. The van der Waals surface area contributed by atoms with Crippen molar-refractivity contribution in [1.82, 2.24) is 14.7 Å². The zero-order chi connectivity index (χ0) is 14.5. The van der Waals surface area contributed by atoms with Gasteiger partial charge in [-0.1, -0.05) is 12.1 Å². The monoisotopic (exact) mass is 273 g/mol. The molecule has 0 radical (unpaired) electrons. The second kappa shape index (κ2) is 6.34. The minimum atomic E-state index is -0.0847. The first kappa shape index (κ1) is 14.3. The van der Waals surface area contributed by atoms with Gasteiger partial charge in [0.25, 0.3) is 5.56 Å². The molecule has 20 heavy (non-hydrogen) atoms. The Morgan fingerprint density at radius 3 is 2.75 bits per heavy atom. The average molecular weight is 273 g/mol. The molecule has 0 saturated carbocycles. The molecule has 0 amide bonds. The van der Waals surface area contributed by atoms with Crippen molar-refractivity contribution in [3.63, 3.8) is 0 Å². The van der Waals surface area contributed by atoms with Crippen molar-refractivity contribution < 1.29 is 4.74 Å². The highest BCUT2D eigenvalue weighted by Gasteiger charge is 2.05. The van der Waals surface area contributed by atoms with Crippen molar-refractivity contribution in [2.24, 2.45) is 0 Å². The molecule has 2 aromatic rings. The van der Waals surface area contributed by atoms with Crippen LogP contribution in [0.3, 0.4) is 0 Å². The Balaban J connectivity index is 2.32. The number of aromatic nitrogens is 2. The van der Waals surface area contributed by atoms with Crippen LogP contribution in [0.5, 0.6) is 5.75 Å². The Labute approximate surface area is 118 Å². The lowest BCUT2D eigenvalue weighted by molar-refractivity contribution is 0.368. The van der Waals surface area contributed by atoms with E-state index in [2.05, 4.69) is 5.10 Å². The summed E-state index contributed by atoms with van der Waals surface area (Å²) in [4.78, 5) is 13.8. The average Bonchev–Trinajstić information content (AvgIpc) is 2.46. The number of rotatable bonds is 5. The Hall–Kier alpha value is -2.14. The molecule has 5 heteroatoms. The summed E-state index contributed by atoms with van der Waals surface area (Å²) in [5.41, 5.74) is 1.61. The van der Waals surface area contributed by atoms with Crippen molar-refractivity contribution in [3.05, 3.63) is 46.8 Å². The number of likely N-dealkylation sites (N-methyl/N-ethyl adjacent to an activating group) is 1. The summed E-state index contributed by atoms with van der Waals surface area (Å²) in [7, 11) is 5.57. The van der Waals surface area contributed by atoms with E-state index in [0.717, 1.165) is 23.6 Å². The topological polar surface area (TPSA) is 47.4 Å². The normalized spacial score (nSPS) is 10.8. The number of methoxy groups -OCH3 is 1. The molecule has 0 atom stereocenters. The maximum atomic E-state index is 11.8. The van der Waals surface area contributed by atoms with Gasteiger partial charge in [-0.05, 0) is 32.3 Å². The molecule has 0 saturated heterocycles. The van der Waals surface area contributed by atoms with Crippen molar-refractivity contribution in [1.29, 1.82) is 0 Å². The van der Waals surface area contributed by atoms with Crippen molar-refractivity contribution in [2.75, 3.05) is 27.7 Å². The number of hydrogen-bond donors (Lipinski definition) is 0. The minimum absolute atomic E-state index is 0.0847. The Bertz CT molecular complexity index is 635. The molecule has 0 aliphatic rings. The summed E-state index contributed by atoms with van der Waals surface area (Å²) in [6, 6.07) is 10.9. The van der Waals surface area contributed by atoms with Crippen LogP contribution in [0.4, 0.5) is 0 Å². The van der Waals surface area contributed by atoms with Crippen molar-refractivity contribution in [2.45, 2.75) is 6.54 Å². The first-order chi connectivity index (χ1) is 9.60. The fraction of sp³-hybridized carbons (Fsp3) is 0.333. The van der Waals surface area contributed by atoms with Crippen LogP contribution < -0.4 is 10.3 Å². The van der Waals surface area contributed by atoms with E-state index in [1.54, 1.807) is 19.2 Å². The maximum Gasteiger partial charge on any atom is 0.266 e. The lowest BCUT2D eigenvalue weighted by Gasteiger charge is -2.11. The van der Waals surface area contributed by atoms with Gasteiger partial charge in [0.05, 0.1) is 19.3 Å². The second-order valence-electron chi connectivity index (χ2n) is 4.82. The summed E-state index contributed by atoms with van der Waals surface area (Å²) in [6.45, 7) is 1.35. The quantitative estimate of drug-likeness (QED) is 0.828. The number of nitrogens with zero attached hydrogens (tertiary/aromatic N) is 3. The van der Waals surface area contributed by atoms with Crippen LogP contribution in [0, 0.1) is 0 Å². The fourth-order valence-corrected chi connectivity index (χ4v) is 1.84. The molecular formula is C15H19N3O2. The highest BCUT2D eigenvalue weighted by Crippen LogP contribution is 2.20. The van der Waals surface area contributed by atoms with Crippen LogP contribution in [-0.4, -0.2) is 42.4 Å². The van der Waals surface area contributed by atoms with Crippen molar-refractivity contribution in [3.8, 4) is 17.0 Å². The van der Waals surface area contributed by atoms with E-state index in [1.807, 2.05) is 43.3 Å². The predicted octanol–water partition coefficient (Wildman–Crippen LogP) is 1.48. The molecule has 0 spiro atoms. The van der Waals surface area contributed by atoms with Crippen LogP contribution >= 0.6 is 0 Å². The van der Waals surface area contributed by atoms with Gasteiger partial charge in [0.15, 0.2) is 0 Å². The minimum Gasteiger partial charge on any atom is -0.497 e. The van der Waals surface area contributed by atoms with Gasteiger partial charge >= 0.3 is 0 Å². The number of hydrogen-bond acceptors (Lipinski definition) is 4. The summed E-state index contributed by atoms with van der Waals surface area (Å²) < 4.78 is 6.70. The van der Waals surface area contributed by atoms with Crippen molar-refractivity contribution >= 4 is 0 Å². The van der Waals surface area contributed by atoms with Crippen LogP contribution in [-0.2, 0) is 6.54 Å². The molecule has 106 valence electrons. The van der Waals surface area contributed by atoms with E-state index in [-0.39, 0.29) is 5.56 Å². The van der Waals surface area contributed by atoms with Crippen LogP contribution in [0.25, 0.3) is 11.3 Å². The van der Waals surface area contributed by atoms with Gasteiger partial charge in [-0.25, -0.2) is 4.68 Å². The molecule has 0 bridgehead atoms. The van der Waals surface area contributed by atoms with E-state index in [1.165, 1.54) is 4.68 Å². The zero-order valence-corrected chi connectivity index (χ0v) is 12.0. The summed E-state index contributed by atoms with van der Waals surface area (Å²) >= 11 is 0. The van der Waals surface area contributed by atoms with E-state index in [4.69, 9.17) is 4.74 Å². The van der Waals surface area contributed by atoms with E-state index >= 15 is 0 Å². The third kappa shape index (κ3) is 3.45. The van der Waals surface area contributed by atoms with Gasteiger partial charge in [0.2, 0.25) is 0 Å². The molecule has 0 N–H and O–H groups in total. The van der Waals surface area contributed by atoms with Gasteiger partial charge in [-0.15, -0.1) is 0 Å². The number of benzene rings is 1. The van der Waals surface area contributed by atoms with Gasteiger partial charge < -0.3 is 9.64 Å². The first-order valence-corrected chi connectivity index (χ1v) is 6.47. The largest absolute Gasteiger partial charge is 0.497 e. The van der Waals surface area contributed by atoms with E-state index in [9.17, 15) is 4.79 Å². The zero-order valence-electron chi connectivity index (χ0n) is 12.0. The fourth-order valence-electron chi connectivity index (χ4n) is 1.84. The van der Waals surface area contributed by atoms with Gasteiger partial charge in [0.1, 0.15) is 5.75 Å². The molecule has 1 aromatic carbocycles. The molecule has 0 aliphatic heterocycles. The molecule has 1 heterocycles. The highest BCUT2D eigenvalue weighted by molar-refractivity contribution is 5.60. The number of ether oxygens (including phenoxy) is 1. The molecule has 2 rings (SSSR count). The molecule has 0 fully saturated rings. The Kier molecular flexibility index (Phi) is 4.53. The van der Waals surface area contributed by atoms with Crippen LogP contribution in [0.1, 0.15) is 0 Å². The first-order valence-electron chi connectivity index (χ1n) is 6.47. The maximum absolute atomic E-state index is 11.8. The lowest BCUT2D eigenvalue weighted by Crippen LogP contribution is -2.28. The lowest BCUT2D eigenvalue weighted by atomic mass is 10.1. The van der Waals surface area contributed by atoms with Crippen LogP contribution in [0.2, 0.25) is 0 Å². The third-order valence-electron chi connectivity index (χ3n) is 2.99. The smallest absolute Gasteiger partial charge is 0.266 e. The highest BCUT2D eigenvalue weighted by atomic mass is 16.5. The molecule has 0 aliphatic carbocycles. The van der Waals surface area contributed by atoms with E-state index in [0.29, 0.717) is 6.54 Å². The standard InChI is InChI=1S/C15H19N3O2/c1-17(2)9-10-18-15(19)8-7-14(16-18)12-5-4-6-13(11-12)20-3/h4-8,11H,9-10H2,1-3H3. The molecule has 1 aromatic heterocycles. The van der Waals surface area contributed by atoms with E-state index < -0.39 is 0 Å². The SMILES string of the molecule is COc1cccc(-c2ccc(=O)n(CCN(C)C)n2)c1. The van der Waals surface area contributed by atoms with Crippen LogP contribution in [0.15, 0.2) is 41.2 Å². The second-order valence-corrected chi connectivity index (χ2v) is 4.82. The Morgan fingerprint density at radius 2 is 2.05 bits per heavy atom. The van der Waals surface area contributed by atoms with Gasteiger partial charge in [-0.3, -0.25) is 4.79 Å². The van der Waals surface area contributed by atoms with Gasteiger partial charge in [0, 0.05) is 18.2 Å². The molecular weight excluding hydrogens is 254 g/mol. The molecule has 5 nitrogen and oxygen atoms in total. The summed E-state index contributed by atoms with van der Waals surface area (Å²) in [5.74, 6) is 0.773. The third-order valence-corrected chi connectivity index (χ3v) is 2.99. The molecule has 0 unspecified atom stereocenters. The summed E-state index contributed by atoms with van der Waals surface area (Å²) in [6.07, 6.45) is 0.